The standard InChI is InChI=1S/C17H23N5OS/c1-23-15-6-4-13(5-7-15)20-16(18)19-9-8-14-12-24-17(21-14)22-10-2-3-11-22/h4-7,12H,2-3,8-11H2,1H3,(H3,18,19,20). The van der Waals surface area contributed by atoms with Crippen LogP contribution in [0.1, 0.15) is 18.5 Å². The molecule has 1 fully saturated rings. The summed E-state index contributed by atoms with van der Waals surface area (Å²) >= 11 is 1.72. The second-order valence-corrected chi connectivity index (χ2v) is 6.52. The van der Waals surface area contributed by atoms with Crippen LogP contribution in [0.25, 0.3) is 0 Å². The van der Waals surface area contributed by atoms with E-state index in [1.807, 2.05) is 24.3 Å². The van der Waals surface area contributed by atoms with Crippen LogP contribution in [0.4, 0.5) is 10.8 Å². The number of methoxy groups -OCH3 is 1. The molecule has 1 aliphatic heterocycles. The van der Waals surface area contributed by atoms with E-state index < -0.39 is 0 Å². The lowest BCUT2D eigenvalue weighted by atomic mass is 10.3. The minimum absolute atomic E-state index is 0.412. The van der Waals surface area contributed by atoms with E-state index >= 15 is 0 Å². The summed E-state index contributed by atoms with van der Waals surface area (Å²) in [6.07, 6.45) is 3.34. The van der Waals surface area contributed by atoms with Crippen molar-refractivity contribution in [3.8, 4) is 5.75 Å². The number of guanidine groups is 1. The van der Waals surface area contributed by atoms with Gasteiger partial charge >= 0.3 is 0 Å². The number of hydrogen-bond acceptors (Lipinski definition) is 5. The quantitative estimate of drug-likeness (QED) is 0.622. The summed E-state index contributed by atoms with van der Waals surface area (Å²) in [6.45, 7) is 2.88. The fourth-order valence-corrected chi connectivity index (χ4v) is 3.53. The normalized spacial score (nSPS) is 14.9. The van der Waals surface area contributed by atoms with Gasteiger partial charge in [0.05, 0.1) is 12.8 Å². The number of aliphatic imine (C=N–C) groups is 1. The van der Waals surface area contributed by atoms with Crippen LogP contribution in [-0.2, 0) is 6.42 Å². The average Bonchev–Trinajstić information content (AvgIpc) is 3.27. The third kappa shape index (κ3) is 4.38. The van der Waals surface area contributed by atoms with Gasteiger partial charge in [0, 0.05) is 37.1 Å². The molecular weight excluding hydrogens is 322 g/mol. The molecule has 0 aliphatic carbocycles. The molecule has 2 aromatic rings. The number of nitrogens with two attached hydrogens (primary N) is 1. The van der Waals surface area contributed by atoms with E-state index in [1.165, 1.54) is 12.8 Å². The zero-order chi connectivity index (χ0) is 16.8. The van der Waals surface area contributed by atoms with E-state index in [4.69, 9.17) is 15.5 Å². The van der Waals surface area contributed by atoms with Gasteiger partial charge in [-0.15, -0.1) is 11.3 Å². The van der Waals surface area contributed by atoms with Crippen molar-refractivity contribution in [1.82, 2.24) is 4.98 Å². The second-order valence-electron chi connectivity index (χ2n) is 5.69. The van der Waals surface area contributed by atoms with Crippen molar-refractivity contribution in [1.29, 1.82) is 0 Å². The molecule has 24 heavy (non-hydrogen) atoms. The van der Waals surface area contributed by atoms with Gasteiger partial charge in [-0.25, -0.2) is 4.98 Å². The van der Waals surface area contributed by atoms with Gasteiger partial charge in [0.1, 0.15) is 5.75 Å². The van der Waals surface area contributed by atoms with Crippen molar-refractivity contribution in [2.45, 2.75) is 19.3 Å². The number of thiazole rings is 1. The van der Waals surface area contributed by atoms with Gasteiger partial charge in [0.2, 0.25) is 0 Å². The van der Waals surface area contributed by atoms with Crippen LogP contribution < -0.4 is 20.7 Å². The van der Waals surface area contributed by atoms with E-state index in [-0.39, 0.29) is 0 Å². The summed E-state index contributed by atoms with van der Waals surface area (Å²) < 4.78 is 5.13. The van der Waals surface area contributed by atoms with Crippen molar-refractivity contribution in [2.75, 3.05) is 37.0 Å². The van der Waals surface area contributed by atoms with Crippen molar-refractivity contribution in [3.05, 3.63) is 35.3 Å². The molecule has 128 valence electrons. The van der Waals surface area contributed by atoms with E-state index in [2.05, 4.69) is 20.6 Å². The maximum atomic E-state index is 5.93. The highest BCUT2D eigenvalue weighted by atomic mass is 32.1. The minimum atomic E-state index is 0.412. The Morgan fingerprint density at radius 1 is 1.33 bits per heavy atom. The fourth-order valence-electron chi connectivity index (χ4n) is 2.62. The van der Waals surface area contributed by atoms with E-state index in [9.17, 15) is 0 Å². The molecule has 2 heterocycles. The van der Waals surface area contributed by atoms with Crippen molar-refractivity contribution in [3.63, 3.8) is 0 Å². The number of nitrogens with one attached hydrogen (secondary N) is 1. The third-order valence-electron chi connectivity index (χ3n) is 3.93. The Balaban J connectivity index is 1.48. The molecule has 0 bridgehead atoms. The van der Waals surface area contributed by atoms with Crippen LogP contribution in [0, 0.1) is 0 Å². The van der Waals surface area contributed by atoms with Crippen molar-refractivity contribution < 1.29 is 4.74 Å². The van der Waals surface area contributed by atoms with Crippen LogP contribution in [0.5, 0.6) is 5.75 Å². The topological polar surface area (TPSA) is 75.8 Å². The van der Waals surface area contributed by atoms with Gasteiger partial charge in [0.15, 0.2) is 11.1 Å². The largest absolute Gasteiger partial charge is 0.497 e. The van der Waals surface area contributed by atoms with Gasteiger partial charge in [0.25, 0.3) is 0 Å². The Hall–Kier alpha value is -2.28. The Labute approximate surface area is 146 Å². The van der Waals surface area contributed by atoms with Gasteiger partial charge in [-0.05, 0) is 37.1 Å². The summed E-state index contributed by atoms with van der Waals surface area (Å²) in [5.74, 6) is 1.23. The molecule has 3 rings (SSSR count). The molecule has 1 aromatic carbocycles. The van der Waals surface area contributed by atoms with Crippen molar-refractivity contribution >= 4 is 28.1 Å². The summed E-state index contributed by atoms with van der Waals surface area (Å²) in [5.41, 5.74) is 7.90. The number of nitrogens with zero attached hydrogens (tertiary/aromatic N) is 3. The highest BCUT2D eigenvalue weighted by Gasteiger charge is 2.15. The van der Waals surface area contributed by atoms with Crippen LogP contribution in [0.3, 0.4) is 0 Å². The summed E-state index contributed by atoms with van der Waals surface area (Å²) in [4.78, 5) is 11.4. The lowest BCUT2D eigenvalue weighted by molar-refractivity contribution is 0.415. The summed E-state index contributed by atoms with van der Waals surface area (Å²) in [5, 5.41) is 6.33. The van der Waals surface area contributed by atoms with Gasteiger partial charge < -0.3 is 20.7 Å². The average molecular weight is 345 g/mol. The maximum Gasteiger partial charge on any atom is 0.193 e. The molecule has 1 aliphatic rings. The predicted molar refractivity (Wildman–Crippen MR) is 100 cm³/mol. The summed E-state index contributed by atoms with van der Waals surface area (Å²) in [6, 6.07) is 7.57. The zero-order valence-electron chi connectivity index (χ0n) is 13.9. The lowest BCUT2D eigenvalue weighted by Crippen LogP contribution is -2.23. The first-order valence-corrected chi connectivity index (χ1v) is 9.03. The highest BCUT2D eigenvalue weighted by molar-refractivity contribution is 7.13. The van der Waals surface area contributed by atoms with Crippen LogP contribution in [0.15, 0.2) is 34.6 Å². The molecule has 0 spiro atoms. The predicted octanol–water partition coefficient (Wildman–Crippen LogP) is 2.72. The first-order chi connectivity index (χ1) is 11.7. The smallest absolute Gasteiger partial charge is 0.193 e. The molecule has 7 heteroatoms. The molecule has 1 saturated heterocycles. The maximum absolute atomic E-state index is 5.93. The molecule has 6 nitrogen and oxygen atoms in total. The number of ether oxygens (including phenoxy) is 1. The number of benzene rings is 1. The minimum Gasteiger partial charge on any atom is -0.497 e. The van der Waals surface area contributed by atoms with E-state index in [0.717, 1.165) is 41.8 Å². The molecule has 1 aromatic heterocycles. The third-order valence-corrected chi connectivity index (χ3v) is 4.88. The molecule has 0 atom stereocenters. The van der Waals surface area contributed by atoms with Crippen LogP contribution >= 0.6 is 11.3 Å². The van der Waals surface area contributed by atoms with Crippen LogP contribution in [-0.4, -0.2) is 37.7 Å². The molecule has 0 amide bonds. The second kappa shape index (κ2) is 8.01. The number of hydrogen-bond donors (Lipinski definition) is 2. The molecule has 0 radical (unpaired) electrons. The van der Waals surface area contributed by atoms with E-state index in [1.54, 1.807) is 18.4 Å². The monoisotopic (exact) mass is 345 g/mol. The first-order valence-electron chi connectivity index (χ1n) is 8.15. The van der Waals surface area contributed by atoms with Crippen molar-refractivity contribution in [2.24, 2.45) is 10.7 Å². The number of aromatic nitrogens is 1. The van der Waals surface area contributed by atoms with Gasteiger partial charge in [-0.1, -0.05) is 0 Å². The molecule has 3 N–H and O–H groups in total. The Bertz CT molecular complexity index is 677. The van der Waals surface area contributed by atoms with Gasteiger partial charge in [-0.3, -0.25) is 4.99 Å². The fraction of sp³-hybridized carbons (Fsp3) is 0.412. The molecule has 0 unspecified atom stereocenters. The Morgan fingerprint density at radius 3 is 2.79 bits per heavy atom. The lowest BCUT2D eigenvalue weighted by Gasteiger charge is -2.12. The highest BCUT2D eigenvalue weighted by Crippen LogP contribution is 2.24. The number of anilines is 2. The van der Waals surface area contributed by atoms with E-state index in [0.29, 0.717) is 12.5 Å². The SMILES string of the molecule is COc1ccc(NC(N)=NCCc2csc(N3CCCC3)n2)cc1. The number of rotatable bonds is 6. The Morgan fingerprint density at radius 2 is 2.08 bits per heavy atom. The van der Waals surface area contributed by atoms with Crippen LogP contribution in [0.2, 0.25) is 0 Å². The summed E-state index contributed by atoms with van der Waals surface area (Å²) in [7, 11) is 1.64. The van der Waals surface area contributed by atoms with Gasteiger partial charge in [-0.2, -0.15) is 0 Å². The first kappa shape index (κ1) is 16.6. The molecular formula is C17H23N5OS. The zero-order valence-corrected chi connectivity index (χ0v) is 14.7. The Kier molecular flexibility index (Phi) is 5.53. The molecule has 0 saturated carbocycles.